The Balaban J connectivity index is 2.59. The molecule has 0 heterocycles. The van der Waals surface area contributed by atoms with Crippen LogP contribution < -0.4 is 32.9 Å². The third-order valence-corrected chi connectivity index (χ3v) is 3.05. The van der Waals surface area contributed by atoms with Gasteiger partial charge >= 0.3 is 76.0 Å². The van der Waals surface area contributed by atoms with Crippen LogP contribution in [0, 0.1) is 3.57 Å². The summed E-state index contributed by atoms with van der Waals surface area (Å²) in [6.45, 7) is 0. The number of rotatable bonds is 2. The van der Waals surface area contributed by atoms with Gasteiger partial charge in [0.15, 0.2) is 0 Å². The molecule has 4 heteroatoms. The Kier molecular flexibility index (Phi) is 3.15. The molecule has 0 aliphatic rings. The second kappa shape index (κ2) is 4.17. The first kappa shape index (κ1) is 8.32. The molecule has 60 valence electrons. The molecule has 0 saturated heterocycles. The molecule has 0 spiro atoms. The zero-order valence-corrected chi connectivity index (χ0v) is 8.02. The van der Waals surface area contributed by atoms with Crippen LogP contribution in [0.1, 0.15) is 0 Å². The molecule has 0 saturated carbocycles. The van der Waals surface area contributed by atoms with Crippen molar-refractivity contribution in [2.24, 2.45) is 14.7 Å². The van der Waals surface area contributed by atoms with Gasteiger partial charge in [0.25, 0.3) is 0 Å². The van der Waals surface area contributed by atoms with E-state index in [4.69, 9.17) is 11.5 Å². The average Bonchev–Trinajstić information content (AvgIpc) is 2.03. The Bertz CT molecular complexity index is 241. The van der Waals surface area contributed by atoms with E-state index in [2.05, 4.69) is 3.21 Å². The molecule has 0 atom stereocenters. The van der Waals surface area contributed by atoms with Gasteiger partial charge in [0.2, 0.25) is 0 Å². The van der Waals surface area contributed by atoms with Gasteiger partial charge in [-0.25, -0.2) is 0 Å². The molecule has 1 rings (SSSR count). The molecule has 0 bridgehead atoms. The van der Waals surface area contributed by atoms with E-state index in [1.165, 1.54) is 3.57 Å². The van der Waals surface area contributed by atoms with E-state index in [0.29, 0.717) is 0 Å². The van der Waals surface area contributed by atoms with Crippen molar-refractivity contribution in [2.75, 3.05) is 0 Å². The third-order valence-electron chi connectivity index (χ3n) is 0.971. The molecule has 0 aliphatic heterocycles. The molecular weight excluding hydrogens is 253 g/mol. The fourth-order valence-corrected chi connectivity index (χ4v) is 1.86. The number of hydrogen-bond donors (Lipinski definition) is 2. The number of hydrogen-bond acceptors (Lipinski definition) is 1. The summed E-state index contributed by atoms with van der Waals surface area (Å²) < 4.78 is 5.20. The summed E-state index contributed by atoms with van der Waals surface area (Å²) in [6, 6.07) is 10.00. The first-order valence-corrected chi connectivity index (χ1v) is 5.11. The van der Waals surface area contributed by atoms with Gasteiger partial charge in [-0.05, 0) is 0 Å². The van der Waals surface area contributed by atoms with Crippen LogP contribution >= 0.6 is 0 Å². The SMILES string of the molecule is NC(N)=N[I-]c1ccccc1. The maximum absolute atomic E-state index is 5.20. The summed E-state index contributed by atoms with van der Waals surface area (Å²) in [6.07, 6.45) is 0. The second-order valence-corrected chi connectivity index (χ2v) is 4.10. The monoisotopic (exact) mass is 262 g/mol. The van der Waals surface area contributed by atoms with E-state index in [1.807, 2.05) is 30.3 Å². The van der Waals surface area contributed by atoms with Gasteiger partial charge in [-0.1, -0.05) is 0 Å². The third kappa shape index (κ3) is 3.22. The van der Waals surface area contributed by atoms with Gasteiger partial charge in [-0.3, -0.25) is 0 Å². The van der Waals surface area contributed by atoms with Gasteiger partial charge in [-0.2, -0.15) is 0 Å². The van der Waals surface area contributed by atoms with Gasteiger partial charge in [0, 0.05) is 0 Å². The zero-order chi connectivity index (χ0) is 8.10. The number of guanidine groups is 1. The number of nitrogens with two attached hydrogens (primary N) is 2. The zero-order valence-electron chi connectivity index (χ0n) is 5.87. The first-order chi connectivity index (χ1) is 5.29. The van der Waals surface area contributed by atoms with Crippen molar-refractivity contribution in [3.8, 4) is 0 Å². The fourth-order valence-electron chi connectivity index (χ4n) is 0.569. The van der Waals surface area contributed by atoms with Crippen LogP contribution in [0.15, 0.2) is 33.5 Å². The van der Waals surface area contributed by atoms with Gasteiger partial charge in [-0.15, -0.1) is 0 Å². The minimum atomic E-state index is -0.376. The molecule has 1 aromatic rings. The van der Waals surface area contributed by atoms with E-state index in [9.17, 15) is 0 Å². The maximum atomic E-state index is 5.20. The first-order valence-electron chi connectivity index (χ1n) is 3.07. The Morgan fingerprint density at radius 2 is 1.82 bits per heavy atom. The average molecular weight is 262 g/mol. The molecule has 0 fully saturated rings. The van der Waals surface area contributed by atoms with Crippen molar-refractivity contribution in [3.63, 3.8) is 0 Å². The molecule has 0 amide bonds. The van der Waals surface area contributed by atoms with Crippen molar-refractivity contribution in [2.45, 2.75) is 0 Å². The standard InChI is InChI=1S/C7H9IN3/c9-7(10)11-8-6-4-2-1-3-5-6/h1-5H,(H4,9,10,11)/q-1. The topological polar surface area (TPSA) is 64.4 Å². The summed E-state index contributed by atoms with van der Waals surface area (Å²) in [5, 5.41) is 0. The Hall–Kier alpha value is -0.780. The van der Waals surface area contributed by atoms with E-state index in [0.717, 1.165) is 0 Å². The molecule has 11 heavy (non-hydrogen) atoms. The van der Waals surface area contributed by atoms with Crippen molar-refractivity contribution < 1.29 is 21.5 Å². The fraction of sp³-hybridized carbons (Fsp3) is 0. The van der Waals surface area contributed by atoms with E-state index in [-0.39, 0.29) is 27.4 Å². The van der Waals surface area contributed by atoms with Crippen LogP contribution in [0.3, 0.4) is 0 Å². The van der Waals surface area contributed by atoms with Crippen LogP contribution in [0.25, 0.3) is 0 Å². The Morgan fingerprint density at radius 1 is 1.18 bits per heavy atom. The Labute approximate surface area is 76.1 Å². The van der Waals surface area contributed by atoms with Gasteiger partial charge < -0.3 is 0 Å². The van der Waals surface area contributed by atoms with Crippen LogP contribution in [-0.2, 0) is 0 Å². The van der Waals surface area contributed by atoms with Crippen LogP contribution in [0.5, 0.6) is 0 Å². The second-order valence-electron chi connectivity index (χ2n) is 1.89. The summed E-state index contributed by atoms with van der Waals surface area (Å²) in [5.74, 6) is 0.182. The summed E-state index contributed by atoms with van der Waals surface area (Å²) in [5.41, 5.74) is 10.4. The van der Waals surface area contributed by atoms with E-state index < -0.39 is 0 Å². The molecular formula is C7H9IN3-. The summed E-state index contributed by atoms with van der Waals surface area (Å²) >= 11 is -0.376. The van der Waals surface area contributed by atoms with Crippen molar-refractivity contribution in [1.29, 1.82) is 0 Å². The van der Waals surface area contributed by atoms with E-state index in [1.54, 1.807) is 0 Å². The van der Waals surface area contributed by atoms with E-state index >= 15 is 0 Å². The van der Waals surface area contributed by atoms with Crippen molar-refractivity contribution in [3.05, 3.63) is 33.9 Å². The molecule has 0 aromatic heterocycles. The number of nitrogens with zero attached hydrogens (tertiary/aromatic N) is 1. The quantitative estimate of drug-likeness (QED) is 0.342. The van der Waals surface area contributed by atoms with Crippen LogP contribution in [0.2, 0.25) is 0 Å². The molecule has 0 unspecified atom stereocenters. The van der Waals surface area contributed by atoms with Crippen molar-refractivity contribution >= 4 is 5.96 Å². The van der Waals surface area contributed by atoms with Gasteiger partial charge in [0.05, 0.1) is 0 Å². The molecule has 1 aromatic carbocycles. The number of halogens is 1. The predicted molar refractivity (Wildman–Crippen MR) is 40.9 cm³/mol. The van der Waals surface area contributed by atoms with Crippen molar-refractivity contribution in [1.82, 2.24) is 0 Å². The summed E-state index contributed by atoms with van der Waals surface area (Å²) in [7, 11) is 0. The molecule has 3 nitrogen and oxygen atoms in total. The van der Waals surface area contributed by atoms with Crippen LogP contribution in [0.4, 0.5) is 0 Å². The molecule has 0 aliphatic carbocycles. The number of benzene rings is 1. The molecule has 0 radical (unpaired) electrons. The predicted octanol–water partition coefficient (Wildman–Crippen LogP) is -2.87. The normalized spacial score (nSPS) is 9.45. The minimum absolute atomic E-state index is 0.182. The van der Waals surface area contributed by atoms with Gasteiger partial charge in [0.1, 0.15) is 0 Å². The Morgan fingerprint density at radius 3 is 2.36 bits per heavy atom. The molecule has 4 N–H and O–H groups in total. The van der Waals surface area contributed by atoms with Crippen LogP contribution in [-0.4, -0.2) is 5.96 Å². The summed E-state index contributed by atoms with van der Waals surface area (Å²) in [4.78, 5) is 0.